The van der Waals surface area contributed by atoms with Crippen LogP contribution in [0.15, 0.2) is 36.4 Å². The van der Waals surface area contributed by atoms with Crippen LogP contribution in [-0.2, 0) is 0 Å². The molecule has 0 aliphatic carbocycles. The molecule has 4 aliphatic heterocycles. The van der Waals surface area contributed by atoms with Gasteiger partial charge in [-0.2, -0.15) is 9.97 Å². The van der Waals surface area contributed by atoms with Crippen molar-refractivity contribution in [3.63, 3.8) is 0 Å². The Labute approximate surface area is 253 Å². The Kier molecular flexibility index (Phi) is 6.30. The number of phenols is 1. The van der Waals surface area contributed by atoms with Crippen LogP contribution >= 0.6 is 11.6 Å². The average molecular weight is 600 g/mol. The van der Waals surface area contributed by atoms with Crippen LogP contribution in [0.1, 0.15) is 24.8 Å². The zero-order valence-electron chi connectivity index (χ0n) is 23.6. The summed E-state index contributed by atoms with van der Waals surface area (Å²) in [4.78, 5) is 14.3. The summed E-state index contributed by atoms with van der Waals surface area (Å²) in [5, 5.41) is 16.9. The average Bonchev–Trinajstić information content (AvgIpc) is 3.47. The highest BCUT2D eigenvalue weighted by Gasteiger charge is 2.49. The molecule has 0 spiro atoms. The Hall–Kier alpha value is -3.84. The van der Waals surface area contributed by atoms with Gasteiger partial charge in [0.05, 0.1) is 27.5 Å². The summed E-state index contributed by atoms with van der Waals surface area (Å²) in [6.07, 6.45) is 7.45. The second-order valence-corrected chi connectivity index (χ2v) is 12.4. The molecular formula is C33H31ClFN5O3. The number of terminal acetylenes is 1. The van der Waals surface area contributed by atoms with Crippen LogP contribution in [0, 0.1) is 12.3 Å². The van der Waals surface area contributed by atoms with E-state index in [0.717, 1.165) is 55.2 Å². The zero-order chi connectivity index (χ0) is 29.3. The van der Waals surface area contributed by atoms with Crippen molar-refractivity contribution in [3.8, 4) is 41.0 Å². The number of benzene rings is 3. The molecule has 3 atom stereocenters. The minimum Gasteiger partial charge on any atom is -0.508 e. The van der Waals surface area contributed by atoms with Crippen molar-refractivity contribution in [2.24, 2.45) is 0 Å². The summed E-state index contributed by atoms with van der Waals surface area (Å²) in [6, 6.07) is 11.2. The molecule has 10 heteroatoms. The van der Waals surface area contributed by atoms with Crippen molar-refractivity contribution >= 4 is 39.1 Å². The first-order valence-electron chi connectivity index (χ1n) is 14.8. The number of hydrogen-bond donors (Lipinski definition) is 2. The first-order chi connectivity index (χ1) is 20.9. The number of alkyl halides is 1. The zero-order valence-corrected chi connectivity index (χ0v) is 24.3. The van der Waals surface area contributed by atoms with Gasteiger partial charge in [0.25, 0.3) is 0 Å². The number of halogens is 2. The van der Waals surface area contributed by atoms with Gasteiger partial charge < -0.3 is 24.8 Å². The van der Waals surface area contributed by atoms with Crippen molar-refractivity contribution < 1.29 is 19.0 Å². The number of phenolic OH excluding ortho intramolecular Hbond substituents is 1. The van der Waals surface area contributed by atoms with Gasteiger partial charge >= 0.3 is 6.01 Å². The van der Waals surface area contributed by atoms with Crippen molar-refractivity contribution in [2.75, 3.05) is 50.8 Å². The smallest absolute Gasteiger partial charge is 0.319 e. The predicted octanol–water partition coefficient (Wildman–Crippen LogP) is 4.92. The summed E-state index contributed by atoms with van der Waals surface area (Å²) < 4.78 is 27.3. The lowest BCUT2D eigenvalue weighted by Crippen LogP contribution is -2.53. The molecule has 220 valence electrons. The molecule has 8 rings (SSSR count). The number of anilines is 1. The van der Waals surface area contributed by atoms with Gasteiger partial charge in [-0.3, -0.25) is 4.90 Å². The third-order valence-electron chi connectivity index (χ3n) is 9.52. The Balaban J connectivity index is 1.32. The van der Waals surface area contributed by atoms with E-state index in [1.807, 2.05) is 24.3 Å². The van der Waals surface area contributed by atoms with Gasteiger partial charge in [-0.15, -0.1) is 6.42 Å². The molecule has 4 aliphatic rings. The van der Waals surface area contributed by atoms with Crippen molar-refractivity contribution in [1.82, 2.24) is 20.2 Å². The maximum absolute atomic E-state index is 14.5. The molecule has 3 unspecified atom stereocenters. The molecule has 43 heavy (non-hydrogen) atoms. The molecule has 3 saturated heterocycles. The van der Waals surface area contributed by atoms with Gasteiger partial charge in [0, 0.05) is 49.1 Å². The molecule has 0 saturated carbocycles. The number of aromatic nitrogens is 2. The maximum Gasteiger partial charge on any atom is 0.319 e. The van der Waals surface area contributed by atoms with E-state index < -0.39 is 6.17 Å². The first-order valence-corrected chi connectivity index (χ1v) is 15.2. The predicted molar refractivity (Wildman–Crippen MR) is 165 cm³/mol. The third kappa shape index (κ3) is 4.27. The lowest BCUT2D eigenvalue weighted by molar-refractivity contribution is 0.107. The van der Waals surface area contributed by atoms with E-state index in [0.29, 0.717) is 65.0 Å². The van der Waals surface area contributed by atoms with E-state index in [2.05, 4.69) is 21.0 Å². The Morgan fingerprint density at radius 3 is 3.00 bits per heavy atom. The van der Waals surface area contributed by atoms with Crippen molar-refractivity contribution in [2.45, 2.75) is 37.0 Å². The lowest BCUT2D eigenvalue weighted by Gasteiger charge is -2.35. The van der Waals surface area contributed by atoms with Gasteiger partial charge in [-0.05, 0) is 54.6 Å². The molecule has 8 nitrogen and oxygen atoms in total. The lowest BCUT2D eigenvalue weighted by atomic mass is 9.93. The van der Waals surface area contributed by atoms with E-state index in [4.69, 9.17) is 37.5 Å². The molecule has 4 aromatic rings. The number of nitrogens with zero attached hydrogens (tertiary/aromatic N) is 4. The largest absolute Gasteiger partial charge is 0.508 e. The van der Waals surface area contributed by atoms with E-state index in [-0.39, 0.29) is 23.3 Å². The van der Waals surface area contributed by atoms with Crippen molar-refractivity contribution in [3.05, 3.63) is 47.0 Å². The molecule has 5 heterocycles. The fraction of sp³-hybridized carbons (Fsp3) is 0.394. The van der Waals surface area contributed by atoms with Crippen LogP contribution < -0.4 is 19.7 Å². The van der Waals surface area contributed by atoms with Gasteiger partial charge in [-0.25, -0.2) is 4.39 Å². The molecule has 3 fully saturated rings. The number of nitrogens with one attached hydrogen (secondary N) is 1. The first kappa shape index (κ1) is 26.8. The molecule has 0 radical (unpaired) electrons. The quantitative estimate of drug-likeness (QED) is 0.320. The molecular weight excluding hydrogens is 569 g/mol. The Morgan fingerprint density at radius 2 is 2.12 bits per heavy atom. The highest BCUT2D eigenvalue weighted by atomic mass is 35.5. The Morgan fingerprint density at radius 1 is 1.21 bits per heavy atom. The fourth-order valence-electron chi connectivity index (χ4n) is 7.56. The van der Waals surface area contributed by atoms with Gasteiger partial charge in [-0.1, -0.05) is 29.7 Å². The molecule has 0 bridgehead atoms. The van der Waals surface area contributed by atoms with E-state index in [1.54, 1.807) is 12.1 Å². The fourth-order valence-corrected chi connectivity index (χ4v) is 7.87. The minimum absolute atomic E-state index is 0.0345. The summed E-state index contributed by atoms with van der Waals surface area (Å²) >= 11 is 7.19. The summed E-state index contributed by atoms with van der Waals surface area (Å²) in [5.74, 6) is 4.08. The van der Waals surface area contributed by atoms with E-state index in [1.165, 1.54) is 0 Å². The molecule has 1 aromatic heterocycles. The van der Waals surface area contributed by atoms with Gasteiger partial charge in [0.1, 0.15) is 31.0 Å². The molecule has 3 aromatic carbocycles. The number of fused-ring (bicyclic) bond motifs is 4. The third-order valence-corrected chi connectivity index (χ3v) is 9.90. The van der Waals surface area contributed by atoms with E-state index >= 15 is 0 Å². The van der Waals surface area contributed by atoms with Crippen LogP contribution in [0.2, 0.25) is 5.02 Å². The van der Waals surface area contributed by atoms with Crippen molar-refractivity contribution in [1.29, 1.82) is 0 Å². The van der Waals surface area contributed by atoms with E-state index in [9.17, 15) is 9.50 Å². The topological polar surface area (TPSA) is 83.0 Å². The SMILES string of the molecule is C#Cc1cccc2cc(O)cc(-c3cc4nc(OCC56CCCN5CC(F)C6)nc5c4c(c3Cl)OCC3CNCCN53)c12. The highest BCUT2D eigenvalue weighted by molar-refractivity contribution is 6.37. The summed E-state index contributed by atoms with van der Waals surface area (Å²) in [6.45, 7) is 4.35. The highest BCUT2D eigenvalue weighted by Crippen LogP contribution is 2.49. The monoisotopic (exact) mass is 599 g/mol. The standard InChI is InChI=1S/C33H31ClFN5O3/c1-2-19-5-3-6-20-11-23(41)12-24(27(19)20)25-13-26-28-30(29(25)34)42-17-22-15-36-8-10-40(22)31(28)38-32(37-26)43-18-33-7-4-9-39(33)16-21(35)14-33/h1,3,5-6,11-13,21-22,36,41H,4,7-10,14-18H2. The second kappa shape index (κ2) is 10.1. The normalized spacial score (nSPS) is 24.8. The van der Waals surface area contributed by atoms with Crippen LogP contribution in [-0.4, -0.2) is 83.7 Å². The maximum atomic E-state index is 14.5. The number of rotatable bonds is 4. The number of aromatic hydroxyl groups is 1. The summed E-state index contributed by atoms with van der Waals surface area (Å²) in [5.41, 5.74) is 2.29. The second-order valence-electron chi connectivity index (χ2n) is 12.1. The molecule has 2 N–H and O–H groups in total. The molecule has 0 amide bonds. The number of ether oxygens (including phenoxy) is 2. The number of piperazine rings is 1. The van der Waals surface area contributed by atoms with Gasteiger partial charge in [0.2, 0.25) is 0 Å². The Bertz CT molecular complexity index is 1830. The summed E-state index contributed by atoms with van der Waals surface area (Å²) in [7, 11) is 0. The van der Waals surface area contributed by atoms with Gasteiger partial charge in [0.15, 0.2) is 5.75 Å². The number of hydrogen-bond acceptors (Lipinski definition) is 8. The van der Waals surface area contributed by atoms with Crippen LogP contribution in [0.25, 0.3) is 32.8 Å². The van der Waals surface area contributed by atoms with Crippen LogP contribution in [0.3, 0.4) is 0 Å². The van der Waals surface area contributed by atoms with Crippen LogP contribution in [0.5, 0.6) is 17.5 Å². The van der Waals surface area contributed by atoms with Crippen LogP contribution in [0.4, 0.5) is 10.2 Å². The minimum atomic E-state index is -0.845.